The van der Waals surface area contributed by atoms with E-state index in [1.54, 1.807) is 19.1 Å². The normalized spacial score (nSPS) is 11.6. The van der Waals surface area contributed by atoms with Crippen LogP contribution >= 0.6 is 15.9 Å². The first-order chi connectivity index (χ1) is 12.2. The Morgan fingerprint density at radius 1 is 1.19 bits per heavy atom. The number of halogens is 4. The maximum atomic E-state index is 13.0. The zero-order chi connectivity index (χ0) is 19.1. The first-order valence-corrected chi connectivity index (χ1v) is 8.23. The van der Waals surface area contributed by atoms with Crippen molar-refractivity contribution in [1.82, 2.24) is 9.97 Å². The van der Waals surface area contributed by atoms with Crippen molar-refractivity contribution in [2.45, 2.75) is 13.1 Å². The molecule has 0 amide bonds. The van der Waals surface area contributed by atoms with Crippen LogP contribution in [-0.2, 0) is 10.9 Å². The molecule has 2 heterocycles. The quantitative estimate of drug-likeness (QED) is 0.532. The number of aromatic nitrogens is 2. The predicted octanol–water partition coefficient (Wildman–Crippen LogP) is 5.17. The summed E-state index contributed by atoms with van der Waals surface area (Å²) in [6.07, 6.45) is -3.60. The summed E-state index contributed by atoms with van der Waals surface area (Å²) in [5.74, 6) is -0.729. The molecular formula is C18H12BrF3N2O2. The maximum absolute atomic E-state index is 13.0. The SMILES string of the molecule is COC(=O)c1c(C)c(-c2ccc(Br)cc2)nc2cnc(C(F)(F)F)cc12. The highest BCUT2D eigenvalue weighted by Crippen LogP contribution is 2.34. The number of pyridine rings is 2. The molecule has 0 aliphatic carbocycles. The van der Waals surface area contributed by atoms with Gasteiger partial charge in [0, 0.05) is 15.4 Å². The molecule has 0 unspecified atom stereocenters. The Hall–Kier alpha value is -2.48. The van der Waals surface area contributed by atoms with E-state index >= 15 is 0 Å². The van der Waals surface area contributed by atoms with Crippen LogP contribution in [0.2, 0.25) is 0 Å². The molecule has 1 aromatic carbocycles. The van der Waals surface area contributed by atoms with E-state index < -0.39 is 17.8 Å². The van der Waals surface area contributed by atoms with E-state index in [1.165, 1.54) is 7.11 Å². The highest BCUT2D eigenvalue weighted by molar-refractivity contribution is 9.10. The number of esters is 1. The van der Waals surface area contributed by atoms with Crippen LogP contribution in [0.3, 0.4) is 0 Å². The number of hydrogen-bond acceptors (Lipinski definition) is 4. The van der Waals surface area contributed by atoms with E-state index in [-0.39, 0.29) is 16.5 Å². The van der Waals surface area contributed by atoms with Gasteiger partial charge in [-0.1, -0.05) is 28.1 Å². The zero-order valence-corrected chi connectivity index (χ0v) is 15.3. The molecule has 0 spiro atoms. The zero-order valence-electron chi connectivity index (χ0n) is 13.7. The lowest BCUT2D eigenvalue weighted by Gasteiger charge is -2.14. The van der Waals surface area contributed by atoms with Gasteiger partial charge in [0.1, 0.15) is 5.69 Å². The van der Waals surface area contributed by atoms with E-state index in [0.717, 1.165) is 22.3 Å². The lowest BCUT2D eigenvalue weighted by atomic mass is 9.98. The van der Waals surface area contributed by atoms with Crippen LogP contribution in [-0.4, -0.2) is 23.0 Å². The lowest BCUT2D eigenvalue weighted by molar-refractivity contribution is -0.141. The van der Waals surface area contributed by atoms with Crippen LogP contribution in [0.5, 0.6) is 0 Å². The second kappa shape index (κ2) is 6.68. The van der Waals surface area contributed by atoms with Crippen molar-refractivity contribution < 1.29 is 22.7 Å². The molecule has 0 radical (unpaired) electrons. The van der Waals surface area contributed by atoms with E-state index in [0.29, 0.717) is 11.3 Å². The average molecular weight is 425 g/mol. The molecule has 8 heteroatoms. The summed E-state index contributed by atoms with van der Waals surface area (Å²) in [6.45, 7) is 1.63. The van der Waals surface area contributed by atoms with Crippen molar-refractivity contribution in [3.8, 4) is 11.3 Å². The van der Waals surface area contributed by atoms with Gasteiger partial charge >= 0.3 is 12.1 Å². The molecule has 26 heavy (non-hydrogen) atoms. The summed E-state index contributed by atoms with van der Waals surface area (Å²) >= 11 is 3.34. The summed E-state index contributed by atoms with van der Waals surface area (Å²) in [7, 11) is 1.18. The van der Waals surface area contributed by atoms with Gasteiger partial charge in [-0.15, -0.1) is 0 Å². The van der Waals surface area contributed by atoms with Crippen LogP contribution in [0.1, 0.15) is 21.6 Å². The number of ether oxygens (including phenoxy) is 1. The molecule has 0 fully saturated rings. The molecular weight excluding hydrogens is 413 g/mol. The average Bonchev–Trinajstić information content (AvgIpc) is 2.60. The van der Waals surface area contributed by atoms with Crippen molar-refractivity contribution in [3.63, 3.8) is 0 Å². The van der Waals surface area contributed by atoms with Crippen molar-refractivity contribution in [1.29, 1.82) is 0 Å². The Bertz CT molecular complexity index is 1000. The molecule has 3 rings (SSSR count). The third-order valence-corrected chi connectivity index (χ3v) is 4.44. The molecule has 2 aromatic heterocycles. The Labute approximate surface area is 155 Å². The number of methoxy groups -OCH3 is 1. The molecule has 0 aliphatic heterocycles. The number of nitrogens with zero attached hydrogens (tertiary/aromatic N) is 2. The molecule has 0 aliphatic rings. The predicted molar refractivity (Wildman–Crippen MR) is 93.8 cm³/mol. The van der Waals surface area contributed by atoms with Gasteiger partial charge < -0.3 is 4.74 Å². The summed E-state index contributed by atoms with van der Waals surface area (Å²) in [5, 5.41) is 0.0533. The van der Waals surface area contributed by atoms with E-state index in [4.69, 9.17) is 4.74 Å². The highest BCUT2D eigenvalue weighted by Gasteiger charge is 2.33. The summed E-state index contributed by atoms with van der Waals surface area (Å²) in [6, 6.07) is 8.04. The number of rotatable bonds is 2. The van der Waals surface area contributed by atoms with Gasteiger partial charge in [0.15, 0.2) is 0 Å². The first kappa shape index (κ1) is 18.3. The summed E-state index contributed by atoms with van der Waals surface area (Å²) in [5.41, 5.74) is 0.772. The fraction of sp³-hybridized carbons (Fsp3) is 0.167. The lowest BCUT2D eigenvalue weighted by Crippen LogP contribution is -2.11. The largest absolute Gasteiger partial charge is 0.465 e. The van der Waals surface area contributed by atoms with Crippen molar-refractivity contribution in [2.24, 2.45) is 0 Å². The Kier molecular flexibility index (Phi) is 4.70. The number of fused-ring (bicyclic) bond motifs is 1. The Balaban J connectivity index is 2.35. The number of hydrogen-bond donors (Lipinski definition) is 0. The van der Waals surface area contributed by atoms with Crippen molar-refractivity contribution >= 4 is 32.8 Å². The van der Waals surface area contributed by atoms with Gasteiger partial charge in [0.25, 0.3) is 0 Å². The minimum Gasteiger partial charge on any atom is -0.465 e. The van der Waals surface area contributed by atoms with Gasteiger partial charge in [-0.05, 0) is 30.7 Å². The smallest absolute Gasteiger partial charge is 0.433 e. The van der Waals surface area contributed by atoms with Crippen molar-refractivity contribution in [3.05, 3.63) is 57.8 Å². The minimum absolute atomic E-state index is 0.0447. The van der Waals surface area contributed by atoms with Gasteiger partial charge in [-0.3, -0.25) is 0 Å². The Morgan fingerprint density at radius 2 is 1.85 bits per heavy atom. The molecule has 0 saturated carbocycles. The number of carbonyl (C=O) groups is 1. The van der Waals surface area contributed by atoms with Gasteiger partial charge in [-0.2, -0.15) is 13.2 Å². The van der Waals surface area contributed by atoms with E-state index in [1.807, 2.05) is 12.1 Å². The molecule has 0 saturated heterocycles. The molecule has 0 N–H and O–H groups in total. The fourth-order valence-electron chi connectivity index (χ4n) is 2.67. The van der Waals surface area contributed by atoms with Gasteiger partial charge in [-0.25, -0.2) is 14.8 Å². The summed E-state index contributed by atoms with van der Waals surface area (Å²) in [4.78, 5) is 20.1. The molecule has 3 aromatic rings. The second-order valence-electron chi connectivity index (χ2n) is 5.54. The highest BCUT2D eigenvalue weighted by atomic mass is 79.9. The standard InChI is InChI=1S/C18H12BrF3N2O2/c1-9-15(17(25)26-2)12-7-14(18(20,21)22)23-8-13(12)24-16(9)10-3-5-11(19)6-4-10/h3-8H,1-2H3. The van der Waals surface area contributed by atoms with Crippen LogP contribution in [0.15, 0.2) is 41.0 Å². The van der Waals surface area contributed by atoms with E-state index in [9.17, 15) is 18.0 Å². The molecule has 134 valence electrons. The summed E-state index contributed by atoms with van der Waals surface area (Å²) < 4.78 is 44.7. The monoisotopic (exact) mass is 424 g/mol. The number of benzene rings is 1. The third kappa shape index (κ3) is 3.29. The molecule has 0 bridgehead atoms. The van der Waals surface area contributed by atoms with Crippen LogP contribution in [0.25, 0.3) is 22.2 Å². The molecule has 4 nitrogen and oxygen atoms in total. The number of alkyl halides is 3. The fourth-order valence-corrected chi connectivity index (χ4v) is 2.94. The molecule has 0 atom stereocenters. The van der Waals surface area contributed by atoms with Gasteiger partial charge in [0.2, 0.25) is 0 Å². The Morgan fingerprint density at radius 3 is 2.42 bits per heavy atom. The van der Waals surface area contributed by atoms with Crippen LogP contribution in [0, 0.1) is 6.92 Å². The first-order valence-electron chi connectivity index (χ1n) is 7.44. The second-order valence-corrected chi connectivity index (χ2v) is 6.46. The maximum Gasteiger partial charge on any atom is 0.433 e. The van der Waals surface area contributed by atoms with E-state index in [2.05, 4.69) is 25.9 Å². The van der Waals surface area contributed by atoms with Crippen LogP contribution < -0.4 is 0 Å². The van der Waals surface area contributed by atoms with Crippen molar-refractivity contribution in [2.75, 3.05) is 7.11 Å². The number of carbonyl (C=O) groups excluding carboxylic acids is 1. The minimum atomic E-state index is -4.63. The van der Waals surface area contributed by atoms with Gasteiger partial charge in [0.05, 0.1) is 30.1 Å². The topological polar surface area (TPSA) is 52.1 Å². The van der Waals surface area contributed by atoms with Crippen LogP contribution in [0.4, 0.5) is 13.2 Å². The third-order valence-electron chi connectivity index (χ3n) is 3.91.